The van der Waals surface area contributed by atoms with Crippen LogP contribution < -0.4 is 0 Å². The zero-order chi connectivity index (χ0) is 18.0. The molecule has 2 aliphatic heterocycles. The lowest BCUT2D eigenvalue weighted by Crippen LogP contribution is -2.44. The largest absolute Gasteiger partial charge is 0.469 e. The predicted molar refractivity (Wildman–Crippen MR) is 73.7 cm³/mol. The molecule has 2 rings (SSSR count). The van der Waals surface area contributed by atoms with E-state index in [1.54, 1.807) is 0 Å². The number of methoxy groups -OCH3 is 3. The van der Waals surface area contributed by atoms with Gasteiger partial charge in [-0.15, -0.1) is 0 Å². The van der Waals surface area contributed by atoms with Gasteiger partial charge in [-0.1, -0.05) is 5.23 Å². The number of Topliss-reactive ketones (excluding diaryl/α,β-unsaturated/α-hetero) is 1. The number of ether oxygens (including phenoxy) is 3. The molecule has 0 unspecified atom stereocenters. The van der Waals surface area contributed by atoms with Crippen molar-refractivity contribution < 1.29 is 43.1 Å². The Hall–Kier alpha value is -2.04. The summed E-state index contributed by atoms with van der Waals surface area (Å²) >= 11 is 0. The summed E-state index contributed by atoms with van der Waals surface area (Å²) in [5.41, 5.74) is 0. The first-order valence-electron chi connectivity index (χ1n) is 7.21. The molecule has 5 atom stereocenters. The quantitative estimate of drug-likeness (QED) is 0.454. The number of fused-ring (bicyclic) bond motifs is 1. The smallest absolute Gasteiger partial charge is 0.338 e. The van der Waals surface area contributed by atoms with E-state index in [0.717, 1.165) is 19.4 Å². The van der Waals surface area contributed by atoms with Gasteiger partial charge in [0.15, 0.2) is 12.2 Å². The van der Waals surface area contributed by atoms with Crippen molar-refractivity contribution in [1.29, 1.82) is 0 Å². The van der Waals surface area contributed by atoms with Crippen LogP contribution in [-0.4, -0.2) is 68.5 Å². The maximum absolute atomic E-state index is 12.2. The topological polar surface area (TPSA) is 118 Å². The molecule has 24 heavy (non-hydrogen) atoms. The van der Waals surface area contributed by atoms with Crippen molar-refractivity contribution >= 4 is 23.7 Å². The van der Waals surface area contributed by atoms with E-state index < -0.39 is 48.0 Å². The zero-order valence-corrected chi connectivity index (χ0v) is 13.7. The summed E-state index contributed by atoms with van der Waals surface area (Å²) < 4.78 is 14.0. The van der Waals surface area contributed by atoms with E-state index in [0.29, 0.717) is 0 Å². The highest BCUT2D eigenvalue weighted by molar-refractivity contribution is 5.86. The molecule has 0 spiro atoms. The van der Waals surface area contributed by atoms with E-state index in [1.165, 1.54) is 14.0 Å². The number of carbonyl (C=O) groups excluding carboxylic acids is 4. The van der Waals surface area contributed by atoms with Gasteiger partial charge in [0, 0.05) is 12.3 Å². The molecule has 0 aromatic heterocycles. The first kappa shape index (κ1) is 18.3. The number of ketones is 1. The Morgan fingerprint density at radius 3 is 1.88 bits per heavy atom. The maximum Gasteiger partial charge on any atom is 0.338 e. The van der Waals surface area contributed by atoms with E-state index in [9.17, 15) is 19.2 Å². The Labute approximate surface area is 137 Å². The Kier molecular flexibility index (Phi) is 5.52. The van der Waals surface area contributed by atoms with Crippen molar-refractivity contribution in [2.75, 3.05) is 21.3 Å². The summed E-state index contributed by atoms with van der Waals surface area (Å²) in [6, 6.07) is -0.866. The van der Waals surface area contributed by atoms with Crippen LogP contribution >= 0.6 is 0 Å². The van der Waals surface area contributed by atoms with Gasteiger partial charge in [-0.2, -0.15) is 0 Å². The van der Waals surface area contributed by atoms with E-state index >= 15 is 0 Å². The highest BCUT2D eigenvalue weighted by Crippen LogP contribution is 2.43. The average molecular weight is 345 g/mol. The number of hydrogen-bond donors (Lipinski definition) is 0. The predicted octanol–water partition coefficient (Wildman–Crippen LogP) is -0.985. The SMILES string of the molecule is COC(=O)[C@H]1[C@@H]2[C@@H](CC(C)=O)[C@@H](C(=O)OC)ON2O[C@H]1C(=O)OC. The summed E-state index contributed by atoms with van der Waals surface area (Å²) in [6.45, 7) is 1.34. The van der Waals surface area contributed by atoms with Crippen LogP contribution in [0.4, 0.5) is 0 Å². The Morgan fingerprint density at radius 1 is 0.875 bits per heavy atom. The highest BCUT2D eigenvalue weighted by atomic mass is 17.0. The van der Waals surface area contributed by atoms with Crippen LogP contribution in [0.2, 0.25) is 0 Å². The molecule has 0 N–H and O–H groups in total. The molecule has 0 amide bonds. The fourth-order valence-corrected chi connectivity index (χ4v) is 3.04. The Balaban J connectivity index is 2.38. The van der Waals surface area contributed by atoms with E-state index in [2.05, 4.69) is 9.47 Å². The van der Waals surface area contributed by atoms with Gasteiger partial charge in [-0.25, -0.2) is 9.59 Å². The molecular formula is C14H19NO9. The molecule has 2 heterocycles. The van der Waals surface area contributed by atoms with E-state index in [-0.39, 0.29) is 12.2 Å². The second-order valence-electron chi connectivity index (χ2n) is 5.49. The molecule has 10 nitrogen and oxygen atoms in total. The minimum atomic E-state index is -1.29. The monoisotopic (exact) mass is 345 g/mol. The van der Waals surface area contributed by atoms with Gasteiger partial charge in [0.1, 0.15) is 11.7 Å². The van der Waals surface area contributed by atoms with Gasteiger partial charge in [-0.05, 0) is 6.92 Å². The lowest BCUT2D eigenvalue weighted by Gasteiger charge is -2.22. The third-order valence-corrected chi connectivity index (χ3v) is 4.06. The van der Waals surface area contributed by atoms with Crippen LogP contribution in [0.1, 0.15) is 13.3 Å². The number of hydrogen-bond acceptors (Lipinski definition) is 10. The van der Waals surface area contributed by atoms with E-state index in [4.69, 9.17) is 14.4 Å². The fourth-order valence-electron chi connectivity index (χ4n) is 3.04. The summed E-state index contributed by atoms with van der Waals surface area (Å²) in [5, 5.41) is 0.901. The van der Waals surface area contributed by atoms with Crippen molar-refractivity contribution in [3.8, 4) is 0 Å². The molecule has 0 aromatic carbocycles. The van der Waals surface area contributed by atoms with Crippen LogP contribution in [-0.2, 0) is 43.1 Å². The lowest BCUT2D eigenvalue weighted by molar-refractivity contribution is -0.350. The third kappa shape index (κ3) is 3.12. The van der Waals surface area contributed by atoms with Gasteiger partial charge in [-0.3, -0.25) is 14.5 Å². The van der Waals surface area contributed by atoms with Crippen LogP contribution in [0, 0.1) is 11.8 Å². The van der Waals surface area contributed by atoms with Crippen molar-refractivity contribution in [1.82, 2.24) is 5.23 Å². The van der Waals surface area contributed by atoms with Crippen molar-refractivity contribution in [3.05, 3.63) is 0 Å². The van der Waals surface area contributed by atoms with Crippen LogP contribution in [0.25, 0.3) is 0 Å². The number of esters is 3. The van der Waals surface area contributed by atoms with E-state index in [1.807, 2.05) is 0 Å². The standard InChI is InChI=1S/C14H19NO9/c1-6(16)5-7-9-8(12(17)20-2)11(14(19)22-4)24-15(9)23-10(7)13(18)21-3/h7-11H,5H2,1-4H3/t7-,8+,9+,10+,11-/m1/s1. The second-order valence-corrected chi connectivity index (χ2v) is 5.49. The molecule has 0 aliphatic carbocycles. The second kappa shape index (κ2) is 7.24. The molecule has 10 heteroatoms. The number of hydroxylamine groups is 2. The molecule has 0 bridgehead atoms. The number of nitrogens with zero attached hydrogens (tertiary/aromatic N) is 1. The summed E-state index contributed by atoms with van der Waals surface area (Å²) in [6.07, 6.45) is -2.48. The lowest BCUT2D eigenvalue weighted by atomic mass is 9.81. The van der Waals surface area contributed by atoms with Crippen LogP contribution in [0.3, 0.4) is 0 Å². The summed E-state index contributed by atoms with van der Waals surface area (Å²) in [4.78, 5) is 58.2. The minimum absolute atomic E-state index is 0.0638. The first-order valence-corrected chi connectivity index (χ1v) is 7.21. The van der Waals surface area contributed by atoms with Crippen LogP contribution in [0.15, 0.2) is 0 Å². The van der Waals surface area contributed by atoms with Crippen molar-refractivity contribution in [3.63, 3.8) is 0 Å². The fraction of sp³-hybridized carbons (Fsp3) is 0.714. The molecule has 2 saturated heterocycles. The molecule has 2 aliphatic rings. The summed E-state index contributed by atoms with van der Waals surface area (Å²) in [7, 11) is 3.48. The Bertz CT molecular complexity index is 548. The molecule has 0 saturated carbocycles. The highest BCUT2D eigenvalue weighted by Gasteiger charge is 2.63. The molecule has 0 aromatic rings. The minimum Gasteiger partial charge on any atom is -0.469 e. The van der Waals surface area contributed by atoms with Crippen LogP contribution in [0.5, 0.6) is 0 Å². The molecule has 0 radical (unpaired) electrons. The normalized spacial score (nSPS) is 32.1. The first-order chi connectivity index (χ1) is 11.3. The van der Waals surface area contributed by atoms with Gasteiger partial charge >= 0.3 is 17.9 Å². The van der Waals surface area contributed by atoms with Gasteiger partial charge in [0.25, 0.3) is 0 Å². The average Bonchev–Trinajstić information content (AvgIpc) is 3.09. The summed E-state index contributed by atoms with van der Waals surface area (Å²) in [5.74, 6) is -4.31. The number of rotatable bonds is 5. The Morgan fingerprint density at radius 2 is 1.38 bits per heavy atom. The van der Waals surface area contributed by atoms with Crippen molar-refractivity contribution in [2.24, 2.45) is 11.8 Å². The molecule has 134 valence electrons. The molecule has 2 fully saturated rings. The van der Waals surface area contributed by atoms with Crippen molar-refractivity contribution in [2.45, 2.75) is 31.6 Å². The zero-order valence-electron chi connectivity index (χ0n) is 13.7. The van der Waals surface area contributed by atoms with Gasteiger partial charge in [0.05, 0.1) is 27.4 Å². The third-order valence-electron chi connectivity index (χ3n) is 4.06. The number of carbonyl (C=O) groups is 4. The van der Waals surface area contributed by atoms with Gasteiger partial charge < -0.3 is 19.0 Å². The van der Waals surface area contributed by atoms with Gasteiger partial charge in [0.2, 0.25) is 0 Å². The maximum atomic E-state index is 12.2. The molecular weight excluding hydrogens is 326 g/mol.